The number of benzene rings is 8. The van der Waals surface area contributed by atoms with Gasteiger partial charge in [-0.25, -0.2) is 15.0 Å². The molecule has 5 heteroatoms. The second kappa shape index (κ2) is 11.1. The van der Waals surface area contributed by atoms with Crippen molar-refractivity contribution in [2.45, 2.75) is 0 Å². The van der Waals surface area contributed by atoms with E-state index in [2.05, 4.69) is 148 Å². The number of rotatable bonds is 3. The minimum atomic E-state index is 0.640. The summed E-state index contributed by atoms with van der Waals surface area (Å²) in [4.78, 5) is 15.5. The number of hydrogen-bond acceptors (Lipinski definition) is 3. The summed E-state index contributed by atoms with van der Waals surface area (Å²) in [6.07, 6.45) is 0. The van der Waals surface area contributed by atoms with Crippen LogP contribution in [0.15, 0.2) is 176 Å². The topological polar surface area (TPSA) is 47.5 Å². The van der Waals surface area contributed by atoms with E-state index in [0.717, 1.165) is 49.5 Å². The number of hydrogen-bond donors (Lipinski definition) is 0. The van der Waals surface area contributed by atoms with Crippen molar-refractivity contribution in [3.05, 3.63) is 176 Å². The van der Waals surface area contributed by atoms with Gasteiger partial charge >= 0.3 is 0 Å². The average Bonchev–Trinajstić information content (AvgIpc) is 3.77. The van der Waals surface area contributed by atoms with Crippen LogP contribution in [0.25, 0.3) is 110 Å². The first-order chi connectivity index (χ1) is 26.8. The highest BCUT2D eigenvalue weighted by atomic mass is 15.0. The largest absolute Gasteiger partial charge is 0.307 e. The molecule has 0 spiro atoms. The van der Waals surface area contributed by atoms with Gasteiger partial charge < -0.3 is 8.80 Å². The van der Waals surface area contributed by atoms with Crippen LogP contribution in [0.5, 0.6) is 0 Å². The minimum absolute atomic E-state index is 0.640. The maximum Gasteiger partial charge on any atom is 0.164 e. The van der Waals surface area contributed by atoms with Gasteiger partial charge in [0.1, 0.15) is 0 Å². The SMILES string of the molecule is c1ccc(-c2nc(-c3ccccc3)nc(-c3ccc4c5c3c3ccccc3n5c3ccccc3c3cccc5c6c7ccccc7ccc6n4c35)n2)cc1. The molecule has 5 nitrogen and oxygen atoms in total. The van der Waals surface area contributed by atoms with E-state index >= 15 is 0 Å². The molecule has 0 saturated carbocycles. The molecule has 0 amide bonds. The number of para-hydroxylation sites is 3. The van der Waals surface area contributed by atoms with Crippen LogP contribution in [0.2, 0.25) is 0 Å². The maximum atomic E-state index is 5.24. The Balaban J connectivity index is 1.33. The predicted octanol–water partition coefficient (Wildman–Crippen LogP) is 12.3. The van der Waals surface area contributed by atoms with Crippen LogP contribution in [0.3, 0.4) is 0 Å². The van der Waals surface area contributed by atoms with E-state index in [1.165, 1.54) is 43.4 Å². The fraction of sp³-hybridized carbons (Fsp3) is 0. The molecule has 0 aliphatic heterocycles. The van der Waals surface area contributed by atoms with E-state index in [1.807, 2.05) is 36.4 Å². The van der Waals surface area contributed by atoms with Crippen molar-refractivity contribution in [1.82, 2.24) is 23.8 Å². The Morgan fingerprint density at radius 3 is 1.57 bits per heavy atom. The summed E-state index contributed by atoms with van der Waals surface area (Å²) in [6.45, 7) is 0. The molecule has 0 aliphatic carbocycles. The van der Waals surface area contributed by atoms with Gasteiger partial charge in [-0.3, -0.25) is 0 Å². The van der Waals surface area contributed by atoms with Gasteiger partial charge in [0.15, 0.2) is 17.5 Å². The van der Waals surface area contributed by atoms with Crippen LogP contribution in [0, 0.1) is 0 Å². The van der Waals surface area contributed by atoms with Crippen LogP contribution in [-0.4, -0.2) is 23.8 Å². The van der Waals surface area contributed by atoms with Crippen molar-refractivity contribution in [1.29, 1.82) is 0 Å². The smallest absolute Gasteiger partial charge is 0.164 e. The van der Waals surface area contributed by atoms with Crippen LogP contribution >= 0.6 is 0 Å². The number of nitrogens with zero attached hydrogens (tertiary/aromatic N) is 5. The van der Waals surface area contributed by atoms with Gasteiger partial charge in [-0.15, -0.1) is 0 Å². The van der Waals surface area contributed by atoms with Crippen LogP contribution < -0.4 is 0 Å². The molecule has 0 unspecified atom stereocenters. The van der Waals surface area contributed by atoms with E-state index in [-0.39, 0.29) is 0 Å². The monoisotopic (exact) mass is 687 g/mol. The molecule has 0 bridgehead atoms. The molecular weight excluding hydrogens is 659 g/mol. The first kappa shape index (κ1) is 29.2. The Morgan fingerprint density at radius 1 is 0.296 bits per heavy atom. The van der Waals surface area contributed by atoms with Gasteiger partial charge in [-0.05, 0) is 41.1 Å². The van der Waals surface area contributed by atoms with Crippen molar-refractivity contribution in [2.75, 3.05) is 0 Å². The Labute approximate surface area is 309 Å². The molecule has 12 rings (SSSR count). The molecule has 8 aromatic carbocycles. The van der Waals surface area contributed by atoms with E-state index in [0.29, 0.717) is 17.5 Å². The summed E-state index contributed by atoms with van der Waals surface area (Å²) in [5.74, 6) is 1.93. The molecule has 250 valence electrons. The Bertz CT molecular complexity index is 3430. The molecule has 54 heavy (non-hydrogen) atoms. The highest BCUT2D eigenvalue weighted by Crippen LogP contribution is 2.44. The highest BCUT2D eigenvalue weighted by molar-refractivity contribution is 6.28. The van der Waals surface area contributed by atoms with Crippen LogP contribution in [0.4, 0.5) is 0 Å². The third-order valence-corrected chi connectivity index (χ3v) is 11.1. The lowest BCUT2D eigenvalue weighted by atomic mass is 10.0. The van der Waals surface area contributed by atoms with Gasteiger partial charge in [0.2, 0.25) is 0 Å². The van der Waals surface area contributed by atoms with Gasteiger partial charge in [0, 0.05) is 49.0 Å². The fourth-order valence-electron chi connectivity index (χ4n) is 8.83. The van der Waals surface area contributed by atoms with Crippen molar-refractivity contribution in [3.63, 3.8) is 0 Å². The molecule has 0 aliphatic rings. The summed E-state index contributed by atoms with van der Waals surface area (Å²) in [5, 5.41) is 9.65. The van der Waals surface area contributed by atoms with Crippen LogP contribution in [0.1, 0.15) is 0 Å². The predicted molar refractivity (Wildman–Crippen MR) is 223 cm³/mol. The molecule has 12 aromatic rings. The minimum Gasteiger partial charge on any atom is -0.307 e. The Hall–Kier alpha value is -7.37. The zero-order valence-electron chi connectivity index (χ0n) is 29.0. The lowest BCUT2D eigenvalue weighted by Crippen LogP contribution is -2.01. The lowest BCUT2D eigenvalue weighted by molar-refractivity contribution is 1.08. The van der Waals surface area contributed by atoms with Gasteiger partial charge in [0.25, 0.3) is 0 Å². The van der Waals surface area contributed by atoms with E-state index in [9.17, 15) is 0 Å². The molecule has 0 saturated heterocycles. The summed E-state index contributed by atoms with van der Waals surface area (Å²) in [5.41, 5.74) is 9.75. The zero-order valence-corrected chi connectivity index (χ0v) is 29.0. The molecule has 0 N–H and O–H groups in total. The second-order valence-corrected chi connectivity index (χ2v) is 14.0. The van der Waals surface area contributed by atoms with Crippen LogP contribution in [-0.2, 0) is 0 Å². The molecular formula is C49H29N5. The van der Waals surface area contributed by atoms with Crippen molar-refractivity contribution < 1.29 is 0 Å². The summed E-state index contributed by atoms with van der Waals surface area (Å²) >= 11 is 0. The first-order valence-electron chi connectivity index (χ1n) is 18.3. The Morgan fingerprint density at radius 2 is 0.833 bits per heavy atom. The van der Waals surface area contributed by atoms with E-state index < -0.39 is 0 Å². The van der Waals surface area contributed by atoms with E-state index in [1.54, 1.807) is 0 Å². The van der Waals surface area contributed by atoms with Crippen molar-refractivity contribution >= 4 is 76.2 Å². The molecule has 4 heterocycles. The third-order valence-electron chi connectivity index (χ3n) is 11.1. The normalized spacial score (nSPS) is 12.1. The fourth-order valence-corrected chi connectivity index (χ4v) is 8.83. The zero-order chi connectivity index (χ0) is 35.3. The quantitative estimate of drug-likeness (QED) is 0.186. The van der Waals surface area contributed by atoms with Gasteiger partial charge in [-0.2, -0.15) is 0 Å². The first-order valence-corrected chi connectivity index (χ1v) is 18.3. The summed E-state index contributed by atoms with van der Waals surface area (Å²) < 4.78 is 4.97. The molecule has 0 radical (unpaired) electrons. The van der Waals surface area contributed by atoms with Crippen molar-refractivity contribution in [2.24, 2.45) is 0 Å². The molecule has 4 aromatic heterocycles. The standard InChI is InChI=1S/C49H29N5/c1-3-15-31(16-4-1)47-50-48(32-17-5-2-6-18-32)52-49(51-47)38-27-29-42-46-44(38)36-21-10-12-25-40(36)53(46)39-24-11-9-20-34(39)35-22-13-23-37-43-33-19-8-7-14-30(33)26-28-41(43)54(42)45(35)37/h1-29H. The lowest BCUT2D eigenvalue weighted by Gasteiger charge is -2.13. The average molecular weight is 688 g/mol. The van der Waals surface area contributed by atoms with E-state index in [4.69, 9.17) is 15.0 Å². The van der Waals surface area contributed by atoms with Gasteiger partial charge in [-0.1, -0.05) is 146 Å². The number of aromatic nitrogens is 5. The van der Waals surface area contributed by atoms with Crippen molar-refractivity contribution in [3.8, 4) is 34.2 Å². The summed E-state index contributed by atoms with van der Waals surface area (Å²) in [6, 6.07) is 62.6. The maximum absolute atomic E-state index is 5.24. The second-order valence-electron chi connectivity index (χ2n) is 14.0. The molecule has 0 atom stereocenters. The number of fused-ring (bicyclic) bond motifs is 12. The summed E-state index contributed by atoms with van der Waals surface area (Å²) in [7, 11) is 0. The van der Waals surface area contributed by atoms with Gasteiger partial charge in [0.05, 0.1) is 33.1 Å². The molecule has 0 fully saturated rings. The highest BCUT2D eigenvalue weighted by Gasteiger charge is 2.23. The Kier molecular flexibility index (Phi) is 5.99. The third kappa shape index (κ3) is 4.01.